The fourth-order valence-corrected chi connectivity index (χ4v) is 6.53. The van der Waals surface area contributed by atoms with Gasteiger partial charge in [-0.15, -0.1) is 0 Å². The van der Waals surface area contributed by atoms with E-state index >= 15 is 0 Å². The molecule has 0 radical (unpaired) electrons. The van der Waals surface area contributed by atoms with Crippen LogP contribution in [0.5, 0.6) is 0 Å². The van der Waals surface area contributed by atoms with Crippen molar-refractivity contribution >= 4 is 26.9 Å². The summed E-state index contributed by atoms with van der Waals surface area (Å²) in [4.78, 5) is 14.0. The number of hydrogen-bond acceptors (Lipinski definition) is 6. The first-order valence-electron chi connectivity index (χ1n) is 10.1. The number of sulfonamides is 1. The second-order valence-corrected chi connectivity index (χ2v) is 10.2. The molecule has 2 aliphatic rings. The lowest BCUT2D eigenvalue weighted by atomic mass is 9.86. The zero-order chi connectivity index (χ0) is 19.7. The zero-order valence-corrected chi connectivity index (χ0v) is 17.1. The van der Waals surface area contributed by atoms with E-state index in [9.17, 15) is 13.5 Å². The second-order valence-electron chi connectivity index (χ2n) is 8.16. The summed E-state index contributed by atoms with van der Waals surface area (Å²) in [7, 11) is -1.23. The number of aromatic amines is 1. The molecule has 1 saturated heterocycles. The van der Waals surface area contributed by atoms with Gasteiger partial charge in [-0.25, -0.2) is 18.4 Å². The molecule has 0 bridgehead atoms. The molecule has 4 rings (SSSR count). The molecule has 1 aliphatic heterocycles. The zero-order valence-electron chi connectivity index (χ0n) is 16.3. The molecular weight excluding hydrogens is 378 g/mol. The molecule has 0 aromatic carbocycles. The van der Waals surface area contributed by atoms with Gasteiger partial charge >= 0.3 is 0 Å². The van der Waals surface area contributed by atoms with E-state index in [1.54, 1.807) is 6.33 Å². The van der Waals surface area contributed by atoms with Crippen molar-refractivity contribution in [3.05, 3.63) is 18.6 Å². The number of H-pyrrole nitrogens is 1. The van der Waals surface area contributed by atoms with Crippen LogP contribution in [0.2, 0.25) is 0 Å². The molecular formula is C19H29N5O3S. The number of piperidine rings is 1. The summed E-state index contributed by atoms with van der Waals surface area (Å²) in [6, 6.07) is 2.34. The molecule has 2 fully saturated rings. The first-order valence-corrected chi connectivity index (χ1v) is 11.7. The van der Waals surface area contributed by atoms with Gasteiger partial charge in [0.2, 0.25) is 10.0 Å². The van der Waals surface area contributed by atoms with Crippen LogP contribution in [0.15, 0.2) is 18.6 Å². The minimum atomic E-state index is -3.29. The average molecular weight is 408 g/mol. The van der Waals surface area contributed by atoms with Crippen molar-refractivity contribution in [3.63, 3.8) is 0 Å². The van der Waals surface area contributed by atoms with E-state index in [0.717, 1.165) is 49.0 Å². The maximum atomic E-state index is 12.7. The van der Waals surface area contributed by atoms with Crippen LogP contribution in [0.1, 0.15) is 38.5 Å². The van der Waals surface area contributed by atoms with E-state index in [2.05, 4.69) is 26.9 Å². The summed E-state index contributed by atoms with van der Waals surface area (Å²) < 4.78 is 27.0. The third kappa shape index (κ3) is 4.01. The van der Waals surface area contributed by atoms with E-state index in [1.807, 2.05) is 12.3 Å². The van der Waals surface area contributed by atoms with Gasteiger partial charge in [-0.05, 0) is 50.5 Å². The molecule has 0 spiro atoms. The molecule has 28 heavy (non-hydrogen) atoms. The van der Waals surface area contributed by atoms with Gasteiger partial charge in [0, 0.05) is 32.4 Å². The Kier molecular flexibility index (Phi) is 5.57. The Balaban J connectivity index is 1.36. The van der Waals surface area contributed by atoms with Crippen molar-refractivity contribution in [3.8, 4) is 0 Å². The highest BCUT2D eigenvalue weighted by Crippen LogP contribution is 2.32. The average Bonchev–Trinajstić information content (AvgIpc) is 3.17. The number of aliphatic hydroxyl groups excluding tert-OH is 1. The van der Waals surface area contributed by atoms with Crippen molar-refractivity contribution in [2.24, 2.45) is 5.92 Å². The minimum absolute atomic E-state index is 0.186. The first-order chi connectivity index (χ1) is 13.4. The number of β-amino-alcohol motifs (C(OH)–C–C–N with tert-alkyl or cyclic N) is 1. The third-order valence-corrected chi connectivity index (χ3v) is 8.24. The Labute approximate surface area is 166 Å². The predicted molar refractivity (Wildman–Crippen MR) is 109 cm³/mol. The molecule has 9 heteroatoms. The van der Waals surface area contributed by atoms with Gasteiger partial charge in [0.05, 0.1) is 17.2 Å². The van der Waals surface area contributed by atoms with Gasteiger partial charge < -0.3 is 15.0 Å². The van der Waals surface area contributed by atoms with Crippen molar-refractivity contribution in [2.75, 3.05) is 30.8 Å². The molecule has 3 heterocycles. The number of hydrogen-bond donors (Lipinski definition) is 2. The normalized spacial score (nSPS) is 27.1. The maximum Gasteiger partial charge on any atom is 0.214 e. The van der Waals surface area contributed by atoms with Crippen LogP contribution in [0.25, 0.3) is 11.0 Å². The van der Waals surface area contributed by atoms with Crippen molar-refractivity contribution in [1.82, 2.24) is 19.3 Å². The number of nitrogens with one attached hydrogen (secondary N) is 1. The number of aromatic nitrogens is 3. The molecule has 1 saturated carbocycles. The van der Waals surface area contributed by atoms with E-state index in [1.165, 1.54) is 4.31 Å². The maximum absolute atomic E-state index is 12.7. The number of aliphatic hydroxyl groups is 1. The van der Waals surface area contributed by atoms with Crippen LogP contribution < -0.4 is 4.90 Å². The predicted octanol–water partition coefficient (Wildman–Crippen LogP) is 1.74. The number of fused-ring (bicyclic) bond motifs is 1. The van der Waals surface area contributed by atoms with Gasteiger partial charge in [-0.3, -0.25) is 0 Å². The lowest BCUT2D eigenvalue weighted by molar-refractivity contribution is 0.107. The molecule has 1 aliphatic carbocycles. The van der Waals surface area contributed by atoms with Gasteiger partial charge in [-0.1, -0.05) is 0 Å². The molecule has 2 aromatic rings. The Morgan fingerprint density at radius 2 is 2.04 bits per heavy atom. The van der Waals surface area contributed by atoms with Crippen LogP contribution in [0.4, 0.5) is 5.82 Å². The largest absolute Gasteiger partial charge is 0.392 e. The summed E-state index contributed by atoms with van der Waals surface area (Å²) in [5, 5.41) is 10.8. The summed E-state index contributed by atoms with van der Waals surface area (Å²) in [5.74, 6) is 1.31. The minimum Gasteiger partial charge on any atom is -0.392 e. The van der Waals surface area contributed by atoms with Crippen molar-refractivity contribution < 1.29 is 13.5 Å². The van der Waals surface area contributed by atoms with Crippen LogP contribution in [-0.2, 0) is 10.0 Å². The molecule has 1 atom stereocenters. The smallest absolute Gasteiger partial charge is 0.214 e. The quantitative estimate of drug-likeness (QED) is 0.783. The number of anilines is 1. The standard InChI is InChI=1S/C19H29N5O3S/c1-23(19-17-8-9-20-18(17)21-13-22-19)15-6-4-14(5-7-15)12-28(26,27)24-10-2-3-16(25)11-24/h8-9,13-16,25H,2-7,10-12H2,1H3,(H,20,21,22)/t14?,15?,16-/m1/s1. The SMILES string of the molecule is CN(c1ncnc2[nH]ccc12)C1CCC(CS(=O)(=O)N2CCC[C@@H](O)C2)CC1. The van der Waals surface area contributed by atoms with Crippen LogP contribution in [0, 0.1) is 5.92 Å². The van der Waals surface area contributed by atoms with Crippen LogP contribution >= 0.6 is 0 Å². The number of rotatable bonds is 5. The summed E-state index contributed by atoms with van der Waals surface area (Å²) in [6.45, 7) is 0.790. The lowest BCUT2D eigenvalue weighted by Crippen LogP contribution is -2.45. The molecule has 0 unspecified atom stereocenters. The van der Waals surface area contributed by atoms with Gasteiger partial charge in [0.15, 0.2) is 0 Å². The Morgan fingerprint density at radius 1 is 1.25 bits per heavy atom. The Bertz CT molecular complexity index is 907. The third-order valence-electron chi connectivity index (χ3n) is 6.23. The fourth-order valence-electron chi connectivity index (χ4n) is 4.59. The van der Waals surface area contributed by atoms with Gasteiger partial charge in [-0.2, -0.15) is 4.31 Å². The lowest BCUT2D eigenvalue weighted by Gasteiger charge is -2.36. The summed E-state index contributed by atoms with van der Waals surface area (Å²) in [5.41, 5.74) is 0.834. The van der Waals surface area contributed by atoms with E-state index < -0.39 is 16.1 Å². The number of nitrogens with zero attached hydrogens (tertiary/aromatic N) is 4. The van der Waals surface area contributed by atoms with E-state index in [0.29, 0.717) is 19.0 Å². The fraction of sp³-hybridized carbons (Fsp3) is 0.684. The van der Waals surface area contributed by atoms with Crippen molar-refractivity contribution in [2.45, 2.75) is 50.7 Å². The monoisotopic (exact) mass is 407 g/mol. The van der Waals surface area contributed by atoms with E-state index in [4.69, 9.17) is 0 Å². The molecule has 0 amide bonds. The van der Waals surface area contributed by atoms with Gasteiger partial charge in [0.25, 0.3) is 0 Å². The second kappa shape index (κ2) is 7.96. The Hall–Kier alpha value is -1.71. The summed E-state index contributed by atoms with van der Waals surface area (Å²) in [6.07, 6.45) is 8.06. The van der Waals surface area contributed by atoms with E-state index in [-0.39, 0.29) is 18.2 Å². The molecule has 2 aromatic heterocycles. The Morgan fingerprint density at radius 3 is 2.79 bits per heavy atom. The highest BCUT2D eigenvalue weighted by Gasteiger charge is 2.33. The first kappa shape index (κ1) is 19.6. The van der Waals surface area contributed by atoms with Gasteiger partial charge in [0.1, 0.15) is 17.8 Å². The topological polar surface area (TPSA) is 102 Å². The van der Waals surface area contributed by atoms with Crippen LogP contribution in [-0.4, -0.2) is 70.8 Å². The molecule has 8 nitrogen and oxygen atoms in total. The highest BCUT2D eigenvalue weighted by atomic mass is 32.2. The van der Waals surface area contributed by atoms with Crippen LogP contribution in [0.3, 0.4) is 0 Å². The molecule has 2 N–H and O–H groups in total. The molecule has 154 valence electrons. The highest BCUT2D eigenvalue weighted by molar-refractivity contribution is 7.89. The summed E-state index contributed by atoms with van der Waals surface area (Å²) >= 11 is 0. The van der Waals surface area contributed by atoms with Crippen molar-refractivity contribution in [1.29, 1.82) is 0 Å².